The Morgan fingerprint density at radius 1 is 1.12 bits per heavy atom. The van der Waals surface area contributed by atoms with Gasteiger partial charge in [-0.2, -0.15) is 0 Å². The van der Waals surface area contributed by atoms with Crippen LogP contribution in [0.2, 0.25) is 0 Å². The number of ether oxygens (including phenoxy) is 2. The summed E-state index contributed by atoms with van der Waals surface area (Å²) in [6.45, 7) is 0. The number of nitro groups is 1. The van der Waals surface area contributed by atoms with Crippen LogP contribution in [0, 0.1) is 10.1 Å². The van der Waals surface area contributed by atoms with Gasteiger partial charge in [-0.15, -0.1) is 0 Å². The lowest BCUT2D eigenvalue weighted by molar-refractivity contribution is -0.385. The number of allylic oxidation sites excluding steroid dienone is 1. The lowest BCUT2D eigenvalue weighted by atomic mass is 10.1. The van der Waals surface area contributed by atoms with Crippen LogP contribution in [0.5, 0.6) is 11.5 Å². The Morgan fingerprint density at radius 2 is 1.71 bits per heavy atom. The molecule has 0 heterocycles. The maximum Gasteiger partial charge on any atom is 0.284 e. The molecule has 0 radical (unpaired) electrons. The fourth-order valence-electron chi connectivity index (χ4n) is 2.05. The van der Waals surface area contributed by atoms with Crippen LogP contribution in [0.4, 0.5) is 5.69 Å². The molecule has 0 aliphatic carbocycles. The van der Waals surface area contributed by atoms with Gasteiger partial charge in [0.1, 0.15) is 5.56 Å². The highest BCUT2D eigenvalue weighted by Gasteiger charge is 2.23. The van der Waals surface area contributed by atoms with Crippen molar-refractivity contribution in [2.45, 2.75) is 0 Å². The van der Waals surface area contributed by atoms with Gasteiger partial charge in [0.05, 0.1) is 25.2 Å². The topological polar surface area (TPSA) is 78.7 Å². The predicted molar refractivity (Wildman–Crippen MR) is 93.7 cm³/mol. The third-order valence-electron chi connectivity index (χ3n) is 3.26. The van der Waals surface area contributed by atoms with Crippen LogP contribution < -0.4 is 9.47 Å². The summed E-state index contributed by atoms with van der Waals surface area (Å²) in [5, 5.41) is 11.2. The maximum atomic E-state index is 12.4. The molecule has 0 atom stereocenters. The van der Waals surface area contributed by atoms with E-state index in [4.69, 9.17) is 9.47 Å². The van der Waals surface area contributed by atoms with Crippen molar-refractivity contribution in [3.63, 3.8) is 0 Å². The number of ketones is 1. The molecule has 0 fully saturated rings. The molecule has 7 heteroatoms. The molecule has 0 aromatic heterocycles. The predicted octanol–water partition coefficient (Wildman–Crippen LogP) is 4.27. The Bertz CT molecular complexity index is 799. The zero-order valence-electron chi connectivity index (χ0n) is 13.0. The summed E-state index contributed by atoms with van der Waals surface area (Å²) in [6, 6.07) is 9.80. The molecule has 2 rings (SSSR count). The molecule has 0 N–H and O–H groups in total. The normalized spacial score (nSPS) is 10.6. The highest BCUT2D eigenvalue weighted by atomic mass is 79.9. The van der Waals surface area contributed by atoms with Gasteiger partial charge >= 0.3 is 0 Å². The molecule has 0 unspecified atom stereocenters. The van der Waals surface area contributed by atoms with Crippen LogP contribution in [-0.4, -0.2) is 24.9 Å². The van der Waals surface area contributed by atoms with Crippen LogP contribution >= 0.6 is 15.9 Å². The highest BCUT2D eigenvalue weighted by molar-refractivity contribution is 9.10. The summed E-state index contributed by atoms with van der Waals surface area (Å²) in [6.07, 6.45) is 2.88. The number of halogens is 1. The molecule has 2 aromatic rings. The van der Waals surface area contributed by atoms with Crippen molar-refractivity contribution in [2.75, 3.05) is 14.2 Å². The fraction of sp³-hybridized carbons (Fsp3) is 0.118. The van der Waals surface area contributed by atoms with E-state index < -0.39 is 10.7 Å². The molecular formula is C17H14BrNO5. The van der Waals surface area contributed by atoms with Gasteiger partial charge in [-0.25, -0.2) is 0 Å². The number of carbonyl (C=O) groups is 1. The Morgan fingerprint density at radius 3 is 2.25 bits per heavy atom. The zero-order chi connectivity index (χ0) is 17.7. The molecule has 0 saturated heterocycles. The molecule has 124 valence electrons. The van der Waals surface area contributed by atoms with E-state index >= 15 is 0 Å². The first kappa shape index (κ1) is 17.7. The number of rotatable bonds is 6. The van der Waals surface area contributed by atoms with Crippen molar-refractivity contribution >= 4 is 33.5 Å². The van der Waals surface area contributed by atoms with Gasteiger partial charge in [-0.3, -0.25) is 14.9 Å². The number of nitrogens with zero attached hydrogens (tertiary/aromatic N) is 1. The van der Waals surface area contributed by atoms with Gasteiger partial charge in [-0.1, -0.05) is 34.1 Å². The second-order valence-corrected chi connectivity index (χ2v) is 5.65. The van der Waals surface area contributed by atoms with E-state index in [2.05, 4.69) is 15.9 Å². The van der Waals surface area contributed by atoms with E-state index in [0.29, 0.717) is 0 Å². The molecule has 0 spiro atoms. The Labute approximate surface area is 147 Å². The minimum absolute atomic E-state index is 0.0639. The molecule has 24 heavy (non-hydrogen) atoms. The van der Waals surface area contributed by atoms with Gasteiger partial charge < -0.3 is 9.47 Å². The number of hydrogen-bond donors (Lipinski definition) is 0. The lowest BCUT2D eigenvalue weighted by Crippen LogP contribution is -2.03. The molecular weight excluding hydrogens is 378 g/mol. The first-order valence-corrected chi connectivity index (χ1v) is 7.64. The fourth-order valence-corrected chi connectivity index (χ4v) is 2.32. The highest BCUT2D eigenvalue weighted by Crippen LogP contribution is 2.34. The minimum atomic E-state index is -0.622. The average Bonchev–Trinajstić information content (AvgIpc) is 2.59. The van der Waals surface area contributed by atoms with E-state index in [9.17, 15) is 14.9 Å². The first-order chi connectivity index (χ1) is 11.5. The first-order valence-electron chi connectivity index (χ1n) is 6.84. The van der Waals surface area contributed by atoms with Gasteiger partial charge in [-0.05, 0) is 23.8 Å². The standard InChI is InChI=1S/C17H14BrNO5/c1-23-16-9-13(14(19(21)22)10-17(16)24-2)15(20)8-5-11-3-6-12(18)7-4-11/h3-10H,1-2H3/b8-5+. The number of nitro benzene ring substituents is 1. The number of benzene rings is 2. The van der Waals surface area contributed by atoms with Gasteiger partial charge in [0.15, 0.2) is 17.3 Å². The molecule has 2 aromatic carbocycles. The van der Waals surface area contributed by atoms with Crippen LogP contribution in [0.3, 0.4) is 0 Å². The smallest absolute Gasteiger partial charge is 0.284 e. The second-order valence-electron chi connectivity index (χ2n) is 4.73. The summed E-state index contributed by atoms with van der Waals surface area (Å²) >= 11 is 3.33. The zero-order valence-corrected chi connectivity index (χ0v) is 14.6. The van der Waals surface area contributed by atoms with E-state index in [1.807, 2.05) is 24.3 Å². The Balaban J connectivity index is 2.40. The molecule has 0 saturated carbocycles. The van der Waals surface area contributed by atoms with Crippen LogP contribution in [0.25, 0.3) is 6.08 Å². The summed E-state index contributed by atoms with van der Waals surface area (Å²) in [4.78, 5) is 23.0. The summed E-state index contributed by atoms with van der Waals surface area (Å²) < 4.78 is 11.1. The summed E-state index contributed by atoms with van der Waals surface area (Å²) in [7, 11) is 2.77. The van der Waals surface area contributed by atoms with Crippen LogP contribution in [-0.2, 0) is 0 Å². The Hall–Kier alpha value is -2.67. The van der Waals surface area contributed by atoms with E-state index in [1.165, 1.54) is 32.4 Å². The van der Waals surface area contributed by atoms with Crippen molar-refractivity contribution in [2.24, 2.45) is 0 Å². The third kappa shape index (κ3) is 3.99. The van der Waals surface area contributed by atoms with Gasteiger partial charge in [0.25, 0.3) is 5.69 Å². The molecule has 6 nitrogen and oxygen atoms in total. The minimum Gasteiger partial charge on any atom is -0.493 e. The number of methoxy groups -OCH3 is 2. The Kier molecular flexibility index (Phi) is 5.70. The molecule has 0 aliphatic heterocycles. The quantitative estimate of drug-likeness (QED) is 0.318. The molecule has 0 bridgehead atoms. The summed E-state index contributed by atoms with van der Waals surface area (Å²) in [5.74, 6) is -0.0493. The van der Waals surface area contributed by atoms with Crippen molar-refractivity contribution in [1.29, 1.82) is 0 Å². The average molecular weight is 392 g/mol. The van der Waals surface area contributed by atoms with Crippen molar-refractivity contribution in [1.82, 2.24) is 0 Å². The summed E-state index contributed by atoms with van der Waals surface area (Å²) in [5.41, 5.74) is 0.402. The second kappa shape index (κ2) is 7.74. The maximum absolute atomic E-state index is 12.4. The van der Waals surface area contributed by atoms with E-state index in [1.54, 1.807) is 6.08 Å². The SMILES string of the molecule is COc1cc(C(=O)/C=C/c2ccc(Br)cc2)c([N+](=O)[O-])cc1OC. The van der Waals surface area contributed by atoms with Crippen LogP contribution in [0.15, 0.2) is 46.9 Å². The number of hydrogen-bond acceptors (Lipinski definition) is 5. The van der Waals surface area contributed by atoms with Crippen molar-refractivity contribution in [3.05, 3.63) is 68.2 Å². The van der Waals surface area contributed by atoms with Crippen molar-refractivity contribution < 1.29 is 19.2 Å². The molecule has 0 amide bonds. The third-order valence-corrected chi connectivity index (χ3v) is 3.79. The number of carbonyl (C=O) groups excluding carboxylic acids is 1. The monoisotopic (exact) mass is 391 g/mol. The van der Waals surface area contributed by atoms with Gasteiger partial charge in [0, 0.05) is 10.5 Å². The van der Waals surface area contributed by atoms with Crippen LogP contribution in [0.1, 0.15) is 15.9 Å². The molecule has 0 aliphatic rings. The van der Waals surface area contributed by atoms with Gasteiger partial charge in [0.2, 0.25) is 0 Å². The van der Waals surface area contributed by atoms with Crippen molar-refractivity contribution in [3.8, 4) is 11.5 Å². The van der Waals surface area contributed by atoms with E-state index in [-0.39, 0.29) is 22.7 Å². The van der Waals surface area contributed by atoms with E-state index in [0.717, 1.165) is 10.0 Å². The largest absolute Gasteiger partial charge is 0.493 e. The lowest BCUT2D eigenvalue weighted by Gasteiger charge is -2.09.